The van der Waals surface area contributed by atoms with Crippen LogP contribution in [0.2, 0.25) is 0 Å². The van der Waals surface area contributed by atoms with Gasteiger partial charge in [-0.15, -0.1) is 11.3 Å². The molecule has 0 atom stereocenters. The van der Waals surface area contributed by atoms with E-state index in [-0.39, 0.29) is 11.9 Å². The average molecular weight is 431 g/mol. The van der Waals surface area contributed by atoms with Crippen molar-refractivity contribution in [3.8, 4) is 10.6 Å². The number of nitrogens with zero attached hydrogens (tertiary/aromatic N) is 1. The maximum absolute atomic E-state index is 13.1. The second-order valence-electron chi connectivity index (χ2n) is 7.15. The lowest BCUT2D eigenvalue weighted by molar-refractivity contribution is 0.0505. The van der Waals surface area contributed by atoms with Crippen LogP contribution in [0, 0.1) is 6.92 Å². The molecule has 4 aromatic rings. The van der Waals surface area contributed by atoms with Crippen LogP contribution >= 0.6 is 11.3 Å². The van der Waals surface area contributed by atoms with Gasteiger partial charge in [0.25, 0.3) is 5.91 Å². The third kappa shape index (κ3) is 4.64. The Labute approximate surface area is 184 Å². The molecule has 0 aliphatic carbocycles. The van der Waals surface area contributed by atoms with Crippen molar-refractivity contribution < 1.29 is 14.3 Å². The molecule has 0 fully saturated rings. The first kappa shape index (κ1) is 20.8. The molecule has 0 unspecified atom stereocenters. The summed E-state index contributed by atoms with van der Waals surface area (Å²) in [4.78, 5) is 32.1. The Hall–Kier alpha value is -3.51. The van der Waals surface area contributed by atoms with Crippen LogP contribution in [0.3, 0.4) is 0 Å². The van der Waals surface area contributed by atoms with Crippen LogP contribution in [0.4, 0.5) is 5.69 Å². The van der Waals surface area contributed by atoms with Crippen LogP contribution in [-0.2, 0) is 4.74 Å². The number of para-hydroxylation sites is 1. The second kappa shape index (κ2) is 9.10. The van der Waals surface area contributed by atoms with E-state index < -0.39 is 0 Å². The zero-order chi connectivity index (χ0) is 21.8. The largest absolute Gasteiger partial charge is 0.462 e. The minimum atomic E-state index is -0.365. The Morgan fingerprint density at radius 2 is 1.81 bits per heavy atom. The van der Waals surface area contributed by atoms with Gasteiger partial charge in [-0.3, -0.25) is 4.79 Å². The topological polar surface area (TPSA) is 68.3 Å². The highest BCUT2D eigenvalue weighted by molar-refractivity contribution is 7.15. The van der Waals surface area contributed by atoms with E-state index in [1.807, 2.05) is 56.3 Å². The maximum Gasteiger partial charge on any atom is 0.338 e. The lowest BCUT2D eigenvalue weighted by Gasteiger charge is -2.10. The summed E-state index contributed by atoms with van der Waals surface area (Å²) < 4.78 is 5.14. The van der Waals surface area contributed by atoms with Gasteiger partial charge < -0.3 is 10.1 Å². The average Bonchev–Trinajstić information content (AvgIpc) is 3.23. The van der Waals surface area contributed by atoms with Crippen LogP contribution < -0.4 is 5.32 Å². The Bertz CT molecular complexity index is 1250. The van der Waals surface area contributed by atoms with Crippen LogP contribution in [0.15, 0.2) is 66.7 Å². The summed E-state index contributed by atoms with van der Waals surface area (Å²) in [6, 6.07) is 20.2. The van der Waals surface area contributed by atoms with E-state index in [4.69, 9.17) is 9.72 Å². The van der Waals surface area contributed by atoms with Crippen LogP contribution in [0.25, 0.3) is 21.5 Å². The fourth-order valence-electron chi connectivity index (χ4n) is 3.23. The van der Waals surface area contributed by atoms with Gasteiger partial charge in [0, 0.05) is 16.0 Å². The van der Waals surface area contributed by atoms with E-state index >= 15 is 0 Å². The van der Waals surface area contributed by atoms with Gasteiger partial charge >= 0.3 is 5.97 Å². The highest BCUT2D eigenvalue weighted by Gasteiger charge is 2.15. The molecule has 2 heterocycles. The SMILES string of the molecule is CCCOC(=O)c1ccc(NC(=O)c2cc(-c3ccc(C)s3)nc3ccccc23)cc1. The molecule has 31 heavy (non-hydrogen) atoms. The summed E-state index contributed by atoms with van der Waals surface area (Å²) >= 11 is 1.65. The van der Waals surface area contributed by atoms with Crippen molar-refractivity contribution in [3.05, 3.63) is 82.7 Å². The zero-order valence-corrected chi connectivity index (χ0v) is 18.2. The molecule has 4 rings (SSSR count). The number of benzene rings is 2. The van der Waals surface area contributed by atoms with Gasteiger partial charge in [-0.1, -0.05) is 25.1 Å². The lowest BCUT2D eigenvalue weighted by Crippen LogP contribution is -2.13. The monoisotopic (exact) mass is 430 g/mol. The summed E-state index contributed by atoms with van der Waals surface area (Å²) in [5.74, 6) is -0.592. The van der Waals surface area contributed by atoms with Crippen molar-refractivity contribution in [1.82, 2.24) is 4.98 Å². The molecule has 0 saturated carbocycles. The number of carbonyl (C=O) groups excluding carboxylic acids is 2. The van der Waals surface area contributed by atoms with Gasteiger partial charge in [0.05, 0.1) is 33.8 Å². The number of pyridine rings is 1. The standard InChI is InChI=1S/C25H22N2O3S/c1-3-14-30-25(29)17-9-11-18(12-10-17)26-24(28)20-15-22(23-13-8-16(2)31-23)27-21-7-5-4-6-19(20)21/h4-13,15H,3,14H2,1-2H3,(H,26,28). The van der Waals surface area contributed by atoms with Gasteiger partial charge in [0.15, 0.2) is 0 Å². The van der Waals surface area contributed by atoms with E-state index in [1.54, 1.807) is 35.6 Å². The van der Waals surface area contributed by atoms with Crippen molar-refractivity contribution in [2.45, 2.75) is 20.3 Å². The third-order valence-electron chi connectivity index (χ3n) is 4.77. The summed E-state index contributed by atoms with van der Waals surface area (Å²) in [5, 5.41) is 3.72. The molecule has 156 valence electrons. The first-order chi connectivity index (χ1) is 15.0. The molecule has 0 saturated heterocycles. The summed E-state index contributed by atoms with van der Waals surface area (Å²) in [5.41, 5.74) is 3.15. The molecule has 5 nitrogen and oxygen atoms in total. The van der Waals surface area contributed by atoms with Crippen LogP contribution in [-0.4, -0.2) is 23.5 Å². The highest BCUT2D eigenvalue weighted by atomic mass is 32.1. The summed E-state index contributed by atoms with van der Waals surface area (Å²) in [6.45, 7) is 4.38. The minimum absolute atomic E-state index is 0.227. The number of nitrogens with one attached hydrogen (secondary N) is 1. The lowest BCUT2D eigenvalue weighted by atomic mass is 10.1. The van der Waals surface area contributed by atoms with Crippen molar-refractivity contribution in [2.24, 2.45) is 0 Å². The third-order valence-corrected chi connectivity index (χ3v) is 5.79. The van der Waals surface area contributed by atoms with Crippen LogP contribution in [0.5, 0.6) is 0 Å². The number of anilines is 1. The Morgan fingerprint density at radius 1 is 1.03 bits per heavy atom. The molecular weight excluding hydrogens is 408 g/mol. The number of aromatic nitrogens is 1. The van der Waals surface area contributed by atoms with Gasteiger partial charge in [-0.05, 0) is 61.9 Å². The highest BCUT2D eigenvalue weighted by Crippen LogP contribution is 2.30. The zero-order valence-electron chi connectivity index (χ0n) is 17.3. The molecule has 0 aliphatic rings. The minimum Gasteiger partial charge on any atom is -0.462 e. The van der Waals surface area contributed by atoms with Crippen molar-refractivity contribution in [2.75, 3.05) is 11.9 Å². The Kier molecular flexibility index (Phi) is 6.09. The number of carbonyl (C=O) groups is 2. The molecule has 1 N–H and O–H groups in total. The van der Waals surface area contributed by atoms with E-state index in [0.29, 0.717) is 23.4 Å². The molecule has 0 aliphatic heterocycles. The maximum atomic E-state index is 13.1. The predicted octanol–water partition coefficient (Wildman–Crippen LogP) is 6.09. The van der Waals surface area contributed by atoms with E-state index in [1.165, 1.54) is 4.88 Å². The van der Waals surface area contributed by atoms with E-state index in [2.05, 4.69) is 5.32 Å². The summed E-state index contributed by atoms with van der Waals surface area (Å²) in [7, 11) is 0. The smallest absolute Gasteiger partial charge is 0.338 e. The second-order valence-corrected chi connectivity index (χ2v) is 8.44. The van der Waals surface area contributed by atoms with E-state index in [0.717, 1.165) is 27.9 Å². The summed E-state index contributed by atoms with van der Waals surface area (Å²) in [6.07, 6.45) is 0.771. The van der Waals surface area contributed by atoms with E-state index in [9.17, 15) is 9.59 Å². The number of amides is 1. The number of rotatable bonds is 6. The predicted molar refractivity (Wildman–Crippen MR) is 125 cm³/mol. The van der Waals surface area contributed by atoms with Gasteiger partial charge in [-0.25, -0.2) is 9.78 Å². The number of fused-ring (bicyclic) bond motifs is 1. The number of thiophene rings is 1. The molecule has 0 radical (unpaired) electrons. The van der Waals surface area contributed by atoms with Crippen molar-refractivity contribution >= 4 is 39.8 Å². The normalized spacial score (nSPS) is 10.8. The number of aryl methyl sites for hydroxylation is 1. The van der Waals surface area contributed by atoms with Crippen molar-refractivity contribution in [1.29, 1.82) is 0 Å². The fraction of sp³-hybridized carbons (Fsp3) is 0.160. The van der Waals surface area contributed by atoms with Crippen LogP contribution in [0.1, 0.15) is 38.9 Å². The molecule has 2 aromatic carbocycles. The molecule has 1 amide bonds. The number of esters is 1. The first-order valence-corrected chi connectivity index (χ1v) is 10.9. The van der Waals surface area contributed by atoms with Gasteiger partial charge in [0.2, 0.25) is 0 Å². The molecule has 2 aromatic heterocycles. The molecule has 0 spiro atoms. The van der Waals surface area contributed by atoms with Crippen molar-refractivity contribution in [3.63, 3.8) is 0 Å². The number of hydrogen-bond donors (Lipinski definition) is 1. The van der Waals surface area contributed by atoms with Gasteiger partial charge in [-0.2, -0.15) is 0 Å². The molecule has 0 bridgehead atoms. The number of ether oxygens (including phenoxy) is 1. The molecule has 6 heteroatoms. The number of hydrogen-bond acceptors (Lipinski definition) is 5. The Balaban J connectivity index is 1.62. The molecular formula is C25H22N2O3S. The first-order valence-electron chi connectivity index (χ1n) is 10.1. The quantitative estimate of drug-likeness (QED) is 0.376. The van der Waals surface area contributed by atoms with Gasteiger partial charge in [0.1, 0.15) is 0 Å². The Morgan fingerprint density at radius 3 is 2.52 bits per heavy atom. The fourth-order valence-corrected chi connectivity index (χ4v) is 4.06.